The van der Waals surface area contributed by atoms with Gasteiger partial charge < -0.3 is 14.4 Å². The van der Waals surface area contributed by atoms with E-state index in [9.17, 15) is 9.59 Å². The molecule has 0 radical (unpaired) electrons. The molecule has 0 saturated carbocycles. The molecule has 1 amide bonds. The first kappa shape index (κ1) is 20.1. The van der Waals surface area contributed by atoms with Crippen molar-refractivity contribution < 1.29 is 19.1 Å². The summed E-state index contributed by atoms with van der Waals surface area (Å²) in [6, 6.07) is 25.5. The van der Waals surface area contributed by atoms with Crippen molar-refractivity contribution in [3.63, 3.8) is 0 Å². The molecule has 0 aliphatic carbocycles. The summed E-state index contributed by atoms with van der Waals surface area (Å²) in [6.07, 6.45) is -0.993. The lowest BCUT2D eigenvalue weighted by atomic mass is 10.1. The van der Waals surface area contributed by atoms with Gasteiger partial charge >= 0.3 is 5.97 Å². The van der Waals surface area contributed by atoms with Crippen molar-refractivity contribution in [3.05, 3.63) is 102 Å². The molecule has 1 atom stereocenters. The Morgan fingerprint density at radius 3 is 2.00 bits per heavy atom. The number of carbonyl (C=O) groups is 2. The molecule has 5 heteroatoms. The second-order valence-corrected chi connectivity index (χ2v) is 6.73. The topological polar surface area (TPSA) is 55.8 Å². The molecular formula is C24H23NO4. The maximum Gasteiger partial charge on any atom is 0.339 e. The molecule has 148 valence electrons. The normalized spacial score (nSPS) is 11.4. The number of esters is 1. The van der Waals surface area contributed by atoms with E-state index in [4.69, 9.17) is 9.47 Å². The second kappa shape index (κ2) is 9.55. The largest absolute Gasteiger partial charge is 0.489 e. The first-order valence-corrected chi connectivity index (χ1v) is 9.28. The first-order valence-electron chi connectivity index (χ1n) is 9.28. The van der Waals surface area contributed by atoms with E-state index in [1.165, 1.54) is 4.90 Å². The van der Waals surface area contributed by atoms with Crippen LogP contribution in [-0.4, -0.2) is 30.9 Å². The minimum Gasteiger partial charge on any atom is -0.489 e. The first-order chi connectivity index (χ1) is 14.0. The van der Waals surface area contributed by atoms with E-state index in [-0.39, 0.29) is 5.91 Å². The van der Waals surface area contributed by atoms with Gasteiger partial charge in [-0.05, 0) is 29.8 Å². The lowest BCUT2D eigenvalue weighted by Crippen LogP contribution is -2.31. The molecule has 29 heavy (non-hydrogen) atoms. The summed E-state index contributed by atoms with van der Waals surface area (Å²) in [6.45, 7) is 0.443. The van der Waals surface area contributed by atoms with Gasteiger partial charge in [0, 0.05) is 19.7 Å². The van der Waals surface area contributed by atoms with Crippen LogP contribution in [-0.2, 0) is 16.1 Å². The number of likely N-dealkylation sites (N-methyl/N-ethyl adjacent to an activating group) is 1. The van der Waals surface area contributed by atoms with E-state index >= 15 is 0 Å². The fourth-order valence-corrected chi connectivity index (χ4v) is 2.73. The van der Waals surface area contributed by atoms with Crippen LogP contribution in [0.2, 0.25) is 0 Å². The standard InChI is InChI=1S/C24H23NO4/c1-25(2)23(26)22(19-11-7-4-8-12-19)29-24(27)20-13-15-21(16-14-20)28-17-18-9-5-3-6-10-18/h3-16,22H,17H2,1-2H3/t22-/m1/s1. The average Bonchev–Trinajstić information content (AvgIpc) is 2.77. The highest BCUT2D eigenvalue weighted by Crippen LogP contribution is 2.22. The highest BCUT2D eigenvalue weighted by molar-refractivity contribution is 5.92. The molecule has 0 aromatic heterocycles. The van der Waals surface area contributed by atoms with Crippen LogP contribution in [0, 0.1) is 0 Å². The molecule has 3 aromatic rings. The van der Waals surface area contributed by atoms with Crippen LogP contribution in [0.25, 0.3) is 0 Å². The van der Waals surface area contributed by atoms with Crippen molar-refractivity contribution in [1.29, 1.82) is 0 Å². The Morgan fingerprint density at radius 1 is 0.828 bits per heavy atom. The molecule has 0 fully saturated rings. The third-order valence-corrected chi connectivity index (χ3v) is 4.33. The number of rotatable bonds is 7. The molecule has 0 N–H and O–H groups in total. The van der Waals surface area contributed by atoms with E-state index < -0.39 is 12.1 Å². The van der Waals surface area contributed by atoms with Gasteiger partial charge in [0.15, 0.2) is 0 Å². The lowest BCUT2D eigenvalue weighted by molar-refractivity contribution is -0.138. The fourth-order valence-electron chi connectivity index (χ4n) is 2.73. The molecule has 0 aliphatic heterocycles. The van der Waals surface area contributed by atoms with E-state index in [0.717, 1.165) is 5.56 Å². The molecule has 0 heterocycles. The molecule has 0 aliphatic rings. The Bertz CT molecular complexity index is 938. The van der Waals surface area contributed by atoms with Crippen LogP contribution >= 0.6 is 0 Å². The Morgan fingerprint density at radius 2 is 1.41 bits per heavy atom. The summed E-state index contributed by atoms with van der Waals surface area (Å²) in [5, 5.41) is 0. The van der Waals surface area contributed by atoms with Crippen LogP contribution in [0.4, 0.5) is 0 Å². The number of hydrogen-bond donors (Lipinski definition) is 0. The average molecular weight is 389 g/mol. The Hall–Kier alpha value is -3.60. The predicted molar refractivity (Wildman–Crippen MR) is 111 cm³/mol. The number of ether oxygens (including phenoxy) is 2. The van der Waals surface area contributed by atoms with Crippen LogP contribution < -0.4 is 4.74 Å². The monoisotopic (exact) mass is 389 g/mol. The third-order valence-electron chi connectivity index (χ3n) is 4.33. The Labute approximate surface area is 170 Å². The van der Waals surface area contributed by atoms with Gasteiger partial charge in [0.25, 0.3) is 5.91 Å². The van der Waals surface area contributed by atoms with E-state index in [0.29, 0.717) is 23.5 Å². The number of nitrogens with zero attached hydrogens (tertiary/aromatic N) is 1. The van der Waals surface area contributed by atoms with Gasteiger partial charge in [-0.15, -0.1) is 0 Å². The maximum absolute atomic E-state index is 12.6. The minimum atomic E-state index is -0.993. The zero-order chi connectivity index (χ0) is 20.6. The summed E-state index contributed by atoms with van der Waals surface area (Å²) in [7, 11) is 3.26. The third kappa shape index (κ3) is 5.45. The molecule has 5 nitrogen and oxygen atoms in total. The second-order valence-electron chi connectivity index (χ2n) is 6.73. The molecule has 0 unspecified atom stereocenters. The van der Waals surface area contributed by atoms with Crippen molar-refractivity contribution in [2.75, 3.05) is 14.1 Å². The van der Waals surface area contributed by atoms with Crippen molar-refractivity contribution in [1.82, 2.24) is 4.90 Å². The van der Waals surface area contributed by atoms with Crippen LogP contribution in [0.15, 0.2) is 84.9 Å². The number of amides is 1. The Balaban J connectivity index is 1.67. The summed E-state index contributed by atoms with van der Waals surface area (Å²) in [5.41, 5.74) is 2.04. The molecule has 3 rings (SSSR count). The molecule has 0 spiro atoms. The summed E-state index contributed by atoms with van der Waals surface area (Å²) < 4.78 is 11.3. The van der Waals surface area contributed by atoms with Crippen LogP contribution in [0.1, 0.15) is 27.6 Å². The maximum atomic E-state index is 12.6. The van der Waals surface area contributed by atoms with Crippen molar-refractivity contribution in [3.8, 4) is 5.75 Å². The quantitative estimate of drug-likeness (QED) is 0.567. The zero-order valence-corrected chi connectivity index (χ0v) is 16.4. The van der Waals surface area contributed by atoms with Crippen LogP contribution in [0.3, 0.4) is 0 Å². The SMILES string of the molecule is CN(C)C(=O)[C@H](OC(=O)c1ccc(OCc2ccccc2)cc1)c1ccccc1. The van der Waals surface area contributed by atoms with Crippen molar-refractivity contribution in [2.45, 2.75) is 12.7 Å². The van der Waals surface area contributed by atoms with E-state index in [2.05, 4.69) is 0 Å². The van der Waals surface area contributed by atoms with Crippen LogP contribution in [0.5, 0.6) is 5.75 Å². The van der Waals surface area contributed by atoms with Gasteiger partial charge in [-0.3, -0.25) is 4.79 Å². The van der Waals surface area contributed by atoms with E-state index in [1.54, 1.807) is 62.6 Å². The molecule has 0 saturated heterocycles. The fraction of sp³-hybridized carbons (Fsp3) is 0.167. The minimum absolute atomic E-state index is 0.299. The van der Waals surface area contributed by atoms with E-state index in [1.807, 2.05) is 36.4 Å². The Kier molecular flexibility index (Phi) is 6.63. The zero-order valence-electron chi connectivity index (χ0n) is 16.4. The number of benzene rings is 3. The molecule has 3 aromatic carbocycles. The van der Waals surface area contributed by atoms with Gasteiger partial charge in [-0.2, -0.15) is 0 Å². The van der Waals surface area contributed by atoms with Crippen molar-refractivity contribution >= 4 is 11.9 Å². The van der Waals surface area contributed by atoms with Gasteiger partial charge in [-0.25, -0.2) is 4.79 Å². The van der Waals surface area contributed by atoms with Gasteiger partial charge in [0.1, 0.15) is 12.4 Å². The predicted octanol–water partition coefficient (Wildman–Crippen LogP) is 4.25. The number of hydrogen-bond acceptors (Lipinski definition) is 4. The van der Waals surface area contributed by atoms with Gasteiger partial charge in [-0.1, -0.05) is 60.7 Å². The smallest absolute Gasteiger partial charge is 0.339 e. The molecule has 0 bridgehead atoms. The van der Waals surface area contributed by atoms with Crippen molar-refractivity contribution in [2.24, 2.45) is 0 Å². The highest BCUT2D eigenvalue weighted by atomic mass is 16.5. The van der Waals surface area contributed by atoms with Gasteiger partial charge in [0.05, 0.1) is 5.56 Å². The summed E-state index contributed by atoms with van der Waals surface area (Å²) >= 11 is 0. The molecular weight excluding hydrogens is 366 g/mol. The summed E-state index contributed by atoms with van der Waals surface area (Å²) in [4.78, 5) is 26.5. The highest BCUT2D eigenvalue weighted by Gasteiger charge is 2.26. The van der Waals surface area contributed by atoms with Gasteiger partial charge in [0.2, 0.25) is 6.10 Å². The number of carbonyl (C=O) groups excluding carboxylic acids is 2. The summed E-state index contributed by atoms with van der Waals surface area (Å²) in [5.74, 6) is -0.217. The lowest BCUT2D eigenvalue weighted by Gasteiger charge is -2.21.